The smallest absolute Gasteiger partial charge is 0.252 e. The molecule has 2 rings (SSSR count). The zero-order chi connectivity index (χ0) is 13.2. The first-order valence-electron chi connectivity index (χ1n) is 5.98. The van der Waals surface area contributed by atoms with Crippen molar-refractivity contribution in [1.82, 2.24) is 4.31 Å². The van der Waals surface area contributed by atoms with Crippen LogP contribution in [0.15, 0.2) is 28.0 Å². The lowest BCUT2D eigenvalue weighted by Gasteiger charge is -2.23. The van der Waals surface area contributed by atoms with Crippen LogP contribution in [0.25, 0.3) is 0 Å². The first-order valence-corrected chi connectivity index (χ1v) is 8.24. The van der Waals surface area contributed by atoms with Gasteiger partial charge in [0.2, 0.25) is 0 Å². The zero-order valence-electron chi connectivity index (χ0n) is 10.4. The second kappa shape index (κ2) is 5.52. The summed E-state index contributed by atoms with van der Waals surface area (Å²) >= 11 is 1.33. The highest BCUT2D eigenvalue weighted by Crippen LogP contribution is 2.26. The molecule has 1 aliphatic rings. The first-order chi connectivity index (χ1) is 8.54. The van der Waals surface area contributed by atoms with E-state index >= 15 is 0 Å². The number of nitrogens with two attached hydrogens (primary N) is 1. The van der Waals surface area contributed by atoms with Crippen molar-refractivity contribution in [3.8, 4) is 0 Å². The van der Waals surface area contributed by atoms with E-state index < -0.39 is 10.0 Å². The van der Waals surface area contributed by atoms with Gasteiger partial charge < -0.3 is 5.73 Å². The number of nitrogens with zero attached hydrogens (tertiary/aromatic N) is 1. The highest BCUT2D eigenvalue weighted by Gasteiger charge is 2.26. The van der Waals surface area contributed by atoms with Crippen molar-refractivity contribution in [2.45, 2.75) is 24.0 Å². The molecule has 18 heavy (non-hydrogen) atoms. The molecule has 1 aromatic heterocycles. The Morgan fingerprint density at radius 3 is 2.83 bits per heavy atom. The summed E-state index contributed by atoms with van der Waals surface area (Å²) in [5, 5.41) is 0. The Morgan fingerprint density at radius 2 is 2.22 bits per heavy atom. The maximum Gasteiger partial charge on any atom is 0.252 e. The highest BCUT2D eigenvalue weighted by atomic mass is 32.2. The molecule has 0 aliphatic carbocycles. The first kappa shape index (κ1) is 13.7. The molecular weight excluding hydrogens is 268 g/mol. The molecule has 0 saturated heterocycles. The van der Waals surface area contributed by atoms with E-state index in [9.17, 15) is 8.42 Å². The predicted octanol–water partition coefficient (Wildman–Crippen LogP) is 1.59. The largest absolute Gasteiger partial charge is 0.330 e. The van der Waals surface area contributed by atoms with Crippen LogP contribution in [0, 0.1) is 0 Å². The Labute approximate surface area is 112 Å². The number of thiophene rings is 1. The average Bonchev–Trinajstić information content (AvgIpc) is 2.79. The maximum absolute atomic E-state index is 12.4. The Hall–Kier alpha value is -0.690. The van der Waals surface area contributed by atoms with Gasteiger partial charge in [-0.2, -0.15) is 4.31 Å². The Bertz CT molecular complexity index is 546. The second-order valence-corrected chi connectivity index (χ2v) is 7.76. The van der Waals surface area contributed by atoms with E-state index in [-0.39, 0.29) is 0 Å². The van der Waals surface area contributed by atoms with E-state index in [4.69, 9.17) is 5.73 Å². The van der Waals surface area contributed by atoms with Crippen molar-refractivity contribution in [3.63, 3.8) is 0 Å². The van der Waals surface area contributed by atoms with Gasteiger partial charge in [-0.15, -0.1) is 11.3 Å². The Morgan fingerprint density at radius 1 is 1.44 bits per heavy atom. The van der Waals surface area contributed by atoms with Crippen LogP contribution >= 0.6 is 11.3 Å². The van der Waals surface area contributed by atoms with Crippen LogP contribution in [0.3, 0.4) is 0 Å². The van der Waals surface area contributed by atoms with Gasteiger partial charge in [0, 0.05) is 18.0 Å². The van der Waals surface area contributed by atoms with E-state index in [1.54, 1.807) is 6.07 Å². The van der Waals surface area contributed by atoms with Gasteiger partial charge >= 0.3 is 0 Å². The Kier molecular flexibility index (Phi) is 4.21. The molecule has 4 nitrogen and oxygen atoms in total. The van der Waals surface area contributed by atoms with Gasteiger partial charge in [0.15, 0.2) is 0 Å². The van der Waals surface area contributed by atoms with Crippen LogP contribution in [0.5, 0.6) is 0 Å². The van der Waals surface area contributed by atoms with Crippen molar-refractivity contribution in [3.05, 3.63) is 28.7 Å². The van der Waals surface area contributed by atoms with E-state index in [2.05, 4.69) is 0 Å². The van der Waals surface area contributed by atoms with Crippen LogP contribution in [0.1, 0.15) is 18.2 Å². The van der Waals surface area contributed by atoms with Gasteiger partial charge in [0.1, 0.15) is 4.21 Å². The highest BCUT2D eigenvalue weighted by molar-refractivity contribution is 7.91. The van der Waals surface area contributed by atoms with E-state index in [1.807, 2.05) is 19.1 Å². The third-order valence-corrected chi connectivity index (χ3v) is 6.50. The summed E-state index contributed by atoms with van der Waals surface area (Å²) in [6.07, 6.45) is 3.54. The summed E-state index contributed by atoms with van der Waals surface area (Å²) < 4.78 is 26.7. The molecule has 0 fully saturated rings. The summed E-state index contributed by atoms with van der Waals surface area (Å²) in [5.74, 6) is 0. The zero-order valence-corrected chi connectivity index (χ0v) is 12.1. The van der Waals surface area contributed by atoms with E-state index in [0.29, 0.717) is 23.8 Å². The molecule has 0 radical (unpaired) electrons. The van der Waals surface area contributed by atoms with Crippen LogP contribution < -0.4 is 5.73 Å². The van der Waals surface area contributed by atoms with Gasteiger partial charge in [-0.1, -0.05) is 11.6 Å². The van der Waals surface area contributed by atoms with Crippen LogP contribution in [-0.2, 0) is 16.4 Å². The summed E-state index contributed by atoms with van der Waals surface area (Å²) in [6, 6.07) is 3.55. The van der Waals surface area contributed by atoms with Crippen LogP contribution in [-0.4, -0.2) is 32.4 Å². The minimum atomic E-state index is -3.32. The topological polar surface area (TPSA) is 63.4 Å². The summed E-state index contributed by atoms with van der Waals surface area (Å²) in [4.78, 5) is 1.03. The number of hydrogen-bond donors (Lipinski definition) is 1. The third-order valence-electron chi connectivity index (χ3n) is 3.02. The SMILES string of the molecule is CC1=CCN(S(=O)(=O)c2ccc(CCN)s2)CC1. The third kappa shape index (κ3) is 2.83. The van der Waals surface area contributed by atoms with Crippen molar-refractivity contribution in [2.24, 2.45) is 5.73 Å². The molecule has 2 heterocycles. The van der Waals surface area contributed by atoms with Gasteiger partial charge in [0.05, 0.1) is 0 Å². The summed E-state index contributed by atoms with van der Waals surface area (Å²) in [7, 11) is -3.32. The van der Waals surface area contributed by atoms with Crippen LogP contribution in [0.4, 0.5) is 0 Å². The normalized spacial score (nSPS) is 17.8. The van der Waals surface area contributed by atoms with Gasteiger partial charge in [0.25, 0.3) is 10.0 Å². The van der Waals surface area contributed by atoms with Crippen molar-refractivity contribution < 1.29 is 8.42 Å². The van der Waals surface area contributed by atoms with E-state index in [1.165, 1.54) is 21.2 Å². The minimum absolute atomic E-state index is 0.430. The summed E-state index contributed by atoms with van der Waals surface area (Å²) in [5.41, 5.74) is 6.74. The molecule has 0 bridgehead atoms. The van der Waals surface area contributed by atoms with Crippen LogP contribution in [0.2, 0.25) is 0 Å². The molecule has 0 saturated carbocycles. The fourth-order valence-electron chi connectivity index (χ4n) is 1.87. The lowest BCUT2D eigenvalue weighted by molar-refractivity contribution is 0.433. The predicted molar refractivity (Wildman–Crippen MR) is 74.2 cm³/mol. The number of hydrogen-bond acceptors (Lipinski definition) is 4. The van der Waals surface area contributed by atoms with Crippen molar-refractivity contribution >= 4 is 21.4 Å². The molecule has 0 aromatic carbocycles. The van der Waals surface area contributed by atoms with Gasteiger partial charge in [-0.3, -0.25) is 0 Å². The molecule has 1 aromatic rings. The monoisotopic (exact) mass is 286 g/mol. The number of sulfonamides is 1. The van der Waals surface area contributed by atoms with Crippen molar-refractivity contribution in [1.29, 1.82) is 0 Å². The average molecular weight is 286 g/mol. The van der Waals surface area contributed by atoms with Gasteiger partial charge in [-0.05, 0) is 38.4 Å². The molecule has 100 valence electrons. The quantitative estimate of drug-likeness (QED) is 0.855. The molecule has 2 N–H and O–H groups in total. The molecular formula is C12H18N2O2S2. The Balaban J connectivity index is 2.19. The van der Waals surface area contributed by atoms with Crippen molar-refractivity contribution in [2.75, 3.05) is 19.6 Å². The fourth-order valence-corrected chi connectivity index (χ4v) is 4.78. The standard InChI is InChI=1S/C12H18N2O2S2/c1-10-5-8-14(9-6-10)18(15,16)12-3-2-11(17-12)4-7-13/h2-3,5H,4,6-9,13H2,1H3. The minimum Gasteiger partial charge on any atom is -0.330 e. The van der Waals surface area contributed by atoms with Gasteiger partial charge in [-0.25, -0.2) is 8.42 Å². The lowest BCUT2D eigenvalue weighted by atomic mass is 10.1. The second-order valence-electron chi connectivity index (χ2n) is 4.42. The molecule has 0 unspecified atom stereocenters. The summed E-state index contributed by atoms with van der Waals surface area (Å²) in [6.45, 7) is 3.65. The molecule has 6 heteroatoms. The molecule has 0 amide bonds. The maximum atomic E-state index is 12.4. The molecule has 0 spiro atoms. The van der Waals surface area contributed by atoms with E-state index in [0.717, 1.165) is 17.7 Å². The fraction of sp³-hybridized carbons (Fsp3) is 0.500. The molecule has 0 atom stereocenters. The molecule has 1 aliphatic heterocycles. The number of rotatable bonds is 4. The lowest BCUT2D eigenvalue weighted by Crippen LogP contribution is -2.34.